The van der Waals surface area contributed by atoms with E-state index in [1.54, 1.807) is 9.80 Å². The number of hydrogen-bond acceptors (Lipinski definition) is 4. The first-order valence-corrected chi connectivity index (χ1v) is 9.20. The normalized spacial score (nSPS) is 14.5. The van der Waals surface area contributed by atoms with Crippen molar-refractivity contribution in [3.05, 3.63) is 40.9 Å². The number of rotatable bonds is 5. The molecule has 132 valence electrons. The molecule has 1 aromatic heterocycles. The Balaban J connectivity index is 1.60. The highest BCUT2D eigenvalue weighted by atomic mass is 32.1. The molecule has 1 aliphatic rings. The Morgan fingerprint density at radius 3 is 2.60 bits per heavy atom. The van der Waals surface area contributed by atoms with Crippen LogP contribution >= 0.6 is 11.3 Å². The standard InChI is InChI=1S/C18H22N4O2S/c1-12(2)14-4-6-15(7-5-14)22-9-8-21(18(22)24)10-16(23)20-17-19-13(3)11-25-17/h4-7,11-12H,8-10H2,1-3H3,(H,19,20,23). The largest absolute Gasteiger partial charge is 0.325 e. The zero-order valence-corrected chi connectivity index (χ0v) is 15.5. The minimum atomic E-state index is -0.222. The molecule has 0 atom stereocenters. The van der Waals surface area contributed by atoms with Crippen LogP contribution in [0.4, 0.5) is 15.6 Å². The Bertz CT molecular complexity index is 770. The lowest BCUT2D eigenvalue weighted by molar-refractivity contribution is -0.116. The minimum Gasteiger partial charge on any atom is -0.313 e. The van der Waals surface area contributed by atoms with Crippen molar-refractivity contribution in [3.8, 4) is 0 Å². The van der Waals surface area contributed by atoms with Crippen LogP contribution in [0.1, 0.15) is 31.0 Å². The van der Waals surface area contributed by atoms with Crippen LogP contribution in [0.5, 0.6) is 0 Å². The van der Waals surface area contributed by atoms with Crippen molar-refractivity contribution in [1.29, 1.82) is 0 Å². The number of anilines is 2. The van der Waals surface area contributed by atoms with E-state index >= 15 is 0 Å². The Hall–Kier alpha value is -2.41. The van der Waals surface area contributed by atoms with E-state index in [9.17, 15) is 9.59 Å². The van der Waals surface area contributed by atoms with Gasteiger partial charge in [-0.05, 0) is 30.5 Å². The van der Waals surface area contributed by atoms with Gasteiger partial charge in [0.2, 0.25) is 5.91 Å². The van der Waals surface area contributed by atoms with Crippen LogP contribution in [-0.2, 0) is 4.79 Å². The fourth-order valence-electron chi connectivity index (χ4n) is 2.75. The molecular formula is C18H22N4O2S. The van der Waals surface area contributed by atoms with E-state index in [2.05, 4.69) is 24.1 Å². The van der Waals surface area contributed by atoms with Gasteiger partial charge in [0.15, 0.2) is 5.13 Å². The van der Waals surface area contributed by atoms with Crippen LogP contribution in [-0.4, -0.2) is 41.5 Å². The molecule has 1 aliphatic heterocycles. The number of hydrogen-bond donors (Lipinski definition) is 1. The quantitative estimate of drug-likeness (QED) is 0.890. The van der Waals surface area contributed by atoms with Crippen LogP contribution in [0.2, 0.25) is 0 Å². The van der Waals surface area contributed by atoms with Gasteiger partial charge in [-0.15, -0.1) is 11.3 Å². The number of carbonyl (C=O) groups is 2. The molecule has 25 heavy (non-hydrogen) atoms. The second-order valence-corrected chi connectivity index (χ2v) is 7.30. The van der Waals surface area contributed by atoms with Gasteiger partial charge in [0, 0.05) is 24.2 Å². The van der Waals surface area contributed by atoms with E-state index in [-0.39, 0.29) is 18.5 Å². The van der Waals surface area contributed by atoms with Gasteiger partial charge in [0.25, 0.3) is 0 Å². The highest BCUT2D eigenvalue weighted by Crippen LogP contribution is 2.23. The maximum atomic E-state index is 12.6. The summed E-state index contributed by atoms with van der Waals surface area (Å²) >= 11 is 1.38. The second kappa shape index (κ2) is 7.23. The molecule has 0 spiro atoms. The van der Waals surface area contributed by atoms with Crippen molar-refractivity contribution in [3.63, 3.8) is 0 Å². The third-order valence-corrected chi connectivity index (χ3v) is 5.04. The summed E-state index contributed by atoms with van der Waals surface area (Å²) in [6.45, 7) is 7.32. The molecule has 3 amide bonds. The van der Waals surface area contributed by atoms with Crippen LogP contribution < -0.4 is 10.2 Å². The zero-order chi connectivity index (χ0) is 18.0. The fourth-order valence-corrected chi connectivity index (χ4v) is 3.46. The van der Waals surface area contributed by atoms with Crippen LogP contribution in [0.15, 0.2) is 29.6 Å². The predicted octanol–water partition coefficient (Wildman–Crippen LogP) is 3.46. The van der Waals surface area contributed by atoms with E-state index in [0.717, 1.165) is 11.4 Å². The number of urea groups is 1. The molecule has 0 unspecified atom stereocenters. The first-order valence-electron chi connectivity index (χ1n) is 8.32. The van der Waals surface area contributed by atoms with Gasteiger partial charge in [0.1, 0.15) is 6.54 Å². The van der Waals surface area contributed by atoms with Gasteiger partial charge in [-0.2, -0.15) is 0 Å². The summed E-state index contributed by atoms with van der Waals surface area (Å²) in [6.07, 6.45) is 0. The Morgan fingerprint density at radius 1 is 1.28 bits per heavy atom. The van der Waals surface area contributed by atoms with Gasteiger partial charge < -0.3 is 10.2 Å². The van der Waals surface area contributed by atoms with E-state index in [1.165, 1.54) is 16.9 Å². The van der Waals surface area contributed by atoms with Crippen LogP contribution in [0.25, 0.3) is 0 Å². The first kappa shape index (κ1) is 17.4. The number of thiazole rings is 1. The summed E-state index contributed by atoms with van der Waals surface area (Å²) in [5.41, 5.74) is 2.98. The summed E-state index contributed by atoms with van der Waals surface area (Å²) in [5, 5.41) is 5.18. The number of nitrogens with one attached hydrogen (secondary N) is 1. The lowest BCUT2D eigenvalue weighted by Crippen LogP contribution is -2.37. The molecule has 6 nitrogen and oxygen atoms in total. The van der Waals surface area contributed by atoms with Crippen molar-refractivity contribution in [2.45, 2.75) is 26.7 Å². The third kappa shape index (κ3) is 3.99. The molecule has 1 N–H and O–H groups in total. The van der Waals surface area contributed by atoms with E-state index in [1.807, 2.05) is 36.6 Å². The molecule has 7 heteroatoms. The van der Waals surface area contributed by atoms with Crippen molar-refractivity contribution in [2.75, 3.05) is 29.9 Å². The third-order valence-electron chi connectivity index (χ3n) is 4.17. The van der Waals surface area contributed by atoms with Gasteiger partial charge in [-0.3, -0.25) is 9.69 Å². The molecule has 1 saturated heterocycles. The first-order chi connectivity index (χ1) is 11.9. The summed E-state index contributed by atoms with van der Waals surface area (Å²) < 4.78 is 0. The van der Waals surface area contributed by atoms with Gasteiger partial charge in [-0.1, -0.05) is 26.0 Å². The van der Waals surface area contributed by atoms with Crippen molar-refractivity contribution in [1.82, 2.24) is 9.88 Å². The topological polar surface area (TPSA) is 65.5 Å². The predicted molar refractivity (Wildman–Crippen MR) is 100 cm³/mol. The molecule has 0 saturated carbocycles. The Morgan fingerprint density at radius 2 is 2.00 bits per heavy atom. The number of carbonyl (C=O) groups excluding carboxylic acids is 2. The van der Waals surface area contributed by atoms with Crippen molar-refractivity contribution in [2.24, 2.45) is 0 Å². The fraction of sp³-hybridized carbons (Fsp3) is 0.389. The van der Waals surface area contributed by atoms with Gasteiger partial charge in [0.05, 0.1) is 5.69 Å². The summed E-state index contributed by atoms with van der Waals surface area (Å²) in [7, 11) is 0. The Labute approximate surface area is 151 Å². The molecule has 3 rings (SSSR count). The molecule has 0 radical (unpaired) electrons. The number of nitrogens with zero attached hydrogens (tertiary/aromatic N) is 3. The summed E-state index contributed by atoms with van der Waals surface area (Å²) in [6, 6.07) is 7.90. The van der Waals surface area contributed by atoms with Crippen LogP contribution in [0, 0.1) is 6.92 Å². The van der Waals surface area contributed by atoms with Gasteiger partial charge in [-0.25, -0.2) is 9.78 Å². The Kier molecular flexibility index (Phi) is 5.03. The monoisotopic (exact) mass is 358 g/mol. The maximum absolute atomic E-state index is 12.6. The zero-order valence-electron chi connectivity index (χ0n) is 14.7. The molecular weight excluding hydrogens is 336 g/mol. The van der Waals surface area contributed by atoms with Crippen molar-refractivity contribution < 1.29 is 9.59 Å². The SMILES string of the molecule is Cc1csc(NC(=O)CN2CCN(c3ccc(C(C)C)cc3)C2=O)n1. The van der Waals surface area contributed by atoms with Crippen LogP contribution in [0.3, 0.4) is 0 Å². The van der Waals surface area contributed by atoms with Crippen molar-refractivity contribution >= 4 is 34.1 Å². The smallest absolute Gasteiger partial charge is 0.313 e. The summed E-state index contributed by atoms with van der Waals surface area (Å²) in [5.74, 6) is 0.234. The molecule has 1 fully saturated rings. The molecule has 1 aromatic carbocycles. The number of amides is 3. The number of benzene rings is 1. The van der Waals surface area contributed by atoms with Gasteiger partial charge >= 0.3 is 6.03 Å². The number of aryl methyl sites for hydroxylation is 1. The summed E-state index contributed by atoms with van der Waals surface area (Å²) in [4.78, 5) is 32.2. The van der Waals surface area contributed by atoms with E-state index in [4.69, 9.17) is 0 Å². The lowest BCUT2D eigenvalue weighted by Gasteiger charge is -2.19. The lowest BCUT2D eigenvalue weighted by atomic mass is 10.0. The maximum Gasteiger partial charge on any atom is 0.325 e. The molecule has 2 aromatic rings. The molecule has 0 aliphatic carbocycles. The van der Waals surface area contributed by atoms with E-state index < -0.39 is 0 Å². The second-order valence-electron chi connectivity index (χ2n) is 6.44. The highest BCUT2D eigenvalue weighted by Gasteiger charge is 2.30. The molecule has 0 bridgehead atoms. The average Bonchev–Trinajstić information content (AvgIpc) is 3.14. The minimum absolute atomic E-state index is 0.0397. The molecule has 2 heterocycles. The van der Waals surface area contributed by atoms with E-state index in [0.29, 0.717) is 24.1 Å². The highest BCUT2D eigenvalue weighted by molar-refractivity contribution is 7.13. The number of aromatic nitrogens is 1. The average molecular weight is 358 g/mol.